The van der Waals surface area contributed by atoms with Gasteiger partial charge in [0.1, 0.15) is 17.6 Å². The van der Waals surface area contributed by atoms with Gasteiger partial charge in [0.15, 0.2) is 0 Å². The van der Waals surface area contributed by atoms with Gasteiger partial charge in [-0.15, -0.1) is 0 Å². The number of aromatic carboxylic acids is 1. The molecular formula is C27H26N2O5. The Balaban J connectivity index is 1.43. The molecule has 2 aliphatic heterocycles. The average Bonchev–Trinajstić information content (AvgIpc) is 3.25. The van der Waals surface area contributed by atoms with Crippen molar-refractivity contribution in [1.29, 1.82) is 0 Å². The molecule has 0 spiro atoms. The summed E-state index contributed by atoms with van der Waals surface area (Å²) in [5, 5.41) is 9.16. The lowest BCUT2D eigenvalue weighted by Gasteiger charge is -2.32. The summed E-state index contributed by atoms with van der Waals surface area (Å²) in [6.07, 6.45) is 0.524. The number of hydrogen-bond acceptors (Lipinski definition) is 5. The fourth-order valence-electron chi connectivity index (χ4n) is 4.70. The standard InChI is InChI=1S/C27H26N2O5/c1-33-21-12-8-19(9-13-21)16-29-23-4-2-3-5-25(23)34-22-14-24(26(29)30)28(17-22)15-18-6-10-20(11-7-18)27(31)32/h2-13,22,24H,14-17H2,1H3,(H,31,32). The Labute approximate surface area is 198 Å². The molecule has 174 valence electrons. The predicted molar refractivity (Wildman–Crippen MR) is 127 cm³/mol. The lowest BCUT2D eigenvalue weighted by molar-refractivity contribution is -0.123. The minimum atomic E-state index is -0.952. The zero-order valence-electron chi connectivity index (χ0n) is 18.9. The van der Waals surface area contributed by atoms with Gasteiger partial charge in [0.05, 0.1) is 30.9 Å². The largest absolute Gasteiger partial charge is 0.497 e. The van der Waals surface area contributed by atoms with Crippen LogP contribution in [0.15, 0.2) is 72.8 Å². The van der Waals surface area contributed by atoms with Crippen LogP contribution in [0.25, 0.3) is 0 Å². The number of anilines is 1. The van der Waals surface area contributed by atoms with Crippen LogP contribution in [0.2, 0.25) is 0 Å². The maximum absolute atomic E-state index is 13.9. The first kappa shape index (κ1) is 22.0. The van der Waals surface area contributed by atoms with Crippen molar-refractivity contribution >= 4 is 17.6 Å². The van der Waals surface area contributed by atoms with Gasteiger partial charge in [-0.2, -0.15) is 0 Å². The number of rotatable bonds is 6. The molecule has 1 fully saturated rings. The van der Waals surface area contributed by atoms with Crippen LogP contribution < -0.4 is 14.4 Å². The van der Waals surface area contributed by atoms with Crippen LogP contribution in [0.4, 0.5) is 5.69 Å². The summed E-state index contributed by atoms with van der Waals surface area (Å²) in [6, 6.07) is 21.9. The number of likely N-dealkylation sites (tertiary alicyclic amines) is 1. The summed E-state index contributed by atoms with van der Waals surface area (Å²) in [5.74, 6) is 0.564. The van der Waals surface area contributed by atoms with Gasteiger partial charge in [0, 0.05) is 19.5 Å². The van der Waals surface area contributed by atoms with Crippen molar-refractivity contribution in [3.8, 4) is 11.5 Å². The zero-order chi connectivity index (χ0) is 23.7. The van der Waals surface area contributed by atoms with Crippen LogP contribution in [-0.2, 0) is 17.9 Å². The van der Waals surface area contributed by atoms with E-state index in [4.69, 9.17) is 14.6 Å². The van der Waals surface area contributed by atoms with Crippen LogP contribution in [-0.4, -0.2) is 47.7 Å². The minimum Gasteiger partial charge on any atom is -0.497 e. The number of para-hydroxylation sites is 2. The van der Waals surface area contributed by atoms with Gasteiger partial charge in [0.2, 0.25) is 5.91 Å². The van der Waals surface area contributed by atoms with Crippen molar-refractivity contribution in [2.75, 3.05) is 18.6 Å². The van der Waals surface area contributed by atoms with E-state index in [1.807, 2.05) is 65.6 Å². The number of carboxylic acid groups (broad SMARTS) is 1. The first-order valence-corrected chi connectivity index (χ1v) is 11.3. The van der Waals surface area contributed by atoms with Crippen LogP contribution in [0.5, 0.6) is 11.5 Å². The third-order valence-corrected chi connectivity index (χ3v) is 6.45. The van der Waals surface area contributed by atoms with E-state index in [9.17, 15) is 9.59 Å². The van der Waals surface area contributed by atoms with E-state index in [2.05, 4.69) is 4.90 Å². The molecular weight excluding hydrogens is 432 g/mol. The smallest absolute Gasteiger partial charge is 0.335 e. The predicted octanol–water partition coefficient (Wildman–Crippen LogP) is 3.96. The highest BCUT2D eigenvalue weighted by atomic mass is 16.5. The molecule has 0 aromatic heterocycles. The average molecular weight is 459 g/mol. The maximum atomic E-state index is 13.9. The van der Waals surface area contributed by atoms with Crippen LogP contribution in [0.3, 0.4) is 0 Å². The molecule has 5 rings (SSSR count). The Bertz CT molecular complexity index is 1190. The molecule has 7 nitrogen and oxygen atoms in total. The first-order chi connectivity index (χ1) is 16.5. The second-order valence-corrected chi connectivity index (χ2v) is 8.66. The van der Waals surface area contributed by atoms with E-state index in [0.29, 0.717) is 31.8 Å². The Hall–Kier alpha value is -3.84. The molecule has 2 unspecified atom stereocenters. The lowest BCUT2D eigenvalue weighted by Crippen LogP contribution is -2.45. The minimum absolute atomic E-state index is 0.0382. The number of methoxy groups -OCH3 is 1. The number of benzene rings is 3. The number of carbonyl (C=O) groups is 2. The molecule has 2 aliphatic rings. The highest BCUT2D eigenvalue weighted by Gasteiger charge is 2.42. The van der Waals surface area contributed by atoms with Crippen LogP contribution in [0.1, 0.15) is 27.9 Å². The zero-order valence-corrected chi connectivity index (χ0v) is 18.9. The molecule has 3 aromatic rings. The molecule has 7 heteroatoms. The van der Waals surface area contributed by atoms with Gasteiger partial charge in [-0.25, -0.2) is 4.79 Å². The van der Waals surface area contributed by atoms with E-state index in [1.165, 1.54) is 0 Å². The number of ether oxygens (including phenoxy) is 2. The Kier molecular flexibility index (Phi) is 5.94. The summed E-state index contributed by atoms with van der Waals surface area (Å²) in [5.41, 5.74) is 2.97. The SMILES string of the molecule is COc1ccc(CN2C(=O)C3CC(CN3Cc3ccc(C(=O)O)cc3)Oc3ccccc32)cc1. The summed E-state index contributed by atoms with van der Waals surface area (Å²) in [7, 11) is 1.63. The molecule has 3 aromatic carbocycles. The van der Waals surface area contributed by atoms with E-state index >= 15 is 0 Å². The van der Waals surface area contributed by atoms with Gasteiger partial charge in [0.25, 0.3) is 0 Å². The van der Waals surface area contributed by atoms with Crippen molar-refractivity contribution in [2.45, 2.75) is 31.7 Å². The topological polar surface area (TPSA) is 79.3 Å². The Morgan fingerprint density at radius 3 is 2.38 bits per heavy atom. The summed E-state index contributed by atoms with van der Waals surface area (Å²) >= 11 is 0. The third kappa shape index (κ3) is 4.34. The third-order valence-electron chi connectivity index (χ3n) is 6.45. The number of carbonyl (C=O) groups excluding carboxylic acids is 1. The van der Waals surface area contributed by atoms with Crippen LogP contribution >= 0.6 is 0 Å². The quantitative estimate of drug-likeness (QED) is 0.602. The van der Waals surface area contributed by atoms with Crippen molar-refractivity contribution in [2.24, 2.45) is 0 Å². The number of hydrogen-bond donors (Lipinski definition) is 1. The Morgan fingerprint density at radius 1 is 1.00 bits per heavy atom. The molecule has 1 N–H and O–H groups in total. The summed E-state index contributed by atoms with van der Waals surface area (Å²) < 4.78 is 11.6. The second-order valence-electron chi connectivity index (χ2n) is 8.66. The van der Waals surface area contributed by atoms with Gasteiger partial charge in [-0.05, 0) is 47.5 Å². The number of carboxylic acids is 1. The van der Waals surface area contributed by atoms with Crippen molar-refractivity contribution in [3.63, 3.8) is 0 Å². The van der Waals surface area contributed by atoms with E-state index in [1.54, 1.807) is 19.2 Å². The molecule has 0 aliphatic carbocycles. The van der Waals surface area contributed by atoms with E-state index in [0.717, 1.165) is 22.6 Å². The molecule has 2 bridgehead atoms. The second kappa shape index (κ2) is 9.19. The molecule has 1 saturated heterocycles. The summed E-state index contributed by atoms with van der Waals surface area (Å²) in [6.45, 7) is 1.59. The van der Waals surface area contributed by atoms with Gasteiger partial charge >= 0.3 is 5.97 Å². The molecule has 34 heavy (non-hydrogen) atoms. The van der Waals surface area contributed by atoms with Crippen molar-refractivity contribution < 1.29 is 24.2 Å². The lowest BCUT2D eigenvalue weighted by atomic mass is 10.1. The molecule has 0 saturated carbocycles. The first-order valence-electron chi connectivity index (χ1n) is 11.3. The van der Waals surface area contributed by atoms with Crippen LogP contribution in [0, 0.1) is 0 Å². The highest BCUT2D eigenvalue weighted by molar-refractivity contribution is 5.99. The number of amides is 1. The maximum Gasteiger partial charge on any atom is 0.335 e. The molecule has 0 radical (unpaired) electrons. The van der Waals surface area contributed by atoms with Gasteiger partial charge in [-0.3, -0.25) is 9.69 Å². The summed E-state index contributed by atoms with van der Waals surface area (Å²) in [4.78, 5) is 29.0. The number of fused-ring (bicyclic) bond motifs is 3. The molecule has 1 amide bonds. The van der Waals surface area contributed by atoms with Gasteiger partial charge in [-0.1, -0.05) is 36.4 Å². The Morgan fingerprint density at radius 2 is 1.68 bits per heavy atom. The van der Waals surface area contributed by atoms with E-state index < -0.39 is 5.97 Å². The molecule has 2 atom stereocenters. The fraction of sp³-hybridized carbons (Fsp3) is 0.259. The normalized spacial score (nSPS) is 19.7. The fourth-order valence-corrected chi connectivity index (χ4v) is 4.70. The monoisotopic (exact) mass is 458 g/mol. The van der Waals surface area contributed by atoms with E-state index in [-0.39, 0.29) is 23.6 Å². The van der Waals surface area contributed by atoms with Gasteiger partial charge < -0.3 is 19.5 Å². The highest BCUT2D eigenvalue weighted by Crippen LogP contribution is 2.37. The number of nitrogens with zero attached hydrogens (tertiary/aromatic N) is 2. The molecule has 2 heterocycles. The van der Waals surface area contributed by atoms with Crippen molar-refractivity contribution in [1.82, 2.24) is 4.90 Å². The van der Waals surface area contributed by atoms with Crippen molar-refractivity contribution in [3.05, 3.63) is 89.5 Å².